The van der Waals surface area contributed by atoms with Crippen LogP contribution in [0, 0.1) is 17.2 Å². The van der Waals surface area contributed by atoms with Crippen LogP contribution in [-0.2, 0) is 11.3 Å². The molecule has 144 valence electrons. The smallest absolute Gasteiger partial charge is 0.225 e. The van der Waals surface area contributed by atoms with Gasteiger partial charge in [-0.25, -0.2) is 14.4 Å². The molecule has 4 heterocycles. The van der Waals surface area contributed by atoms with E-state index in [-0.39, 0.29) is 5.41 Å². The fourth-order valence-corrected chi connectivity index (χ4v) is 4.63. The van der Waals surface area contributed by atoms with Crippen molar-refractivity contribution in [3.8, 4) is 0 Å². The number of hydrogen-bond acceptors (Lipinski definition) is 6. The minimum absolute atomic E-state index is 0.259. The van der Waals surface area contributed by atoms with Crippen LogP contribution in [-0.4, -0.2) is 59.7 Å². The first-order valence-corrected chi connectivity index (χ1v) is 9.51. The molecule has 0 aromatic carbocycles. The fourth-order valence-electron chi connectivity index (χ4n) is 4.63. The summed E-state index contributed by atoms with van der Waals surface area (Å²) in [7, 11) is 1.79. The lowest BCUT2D eigenvalue weighted by molar-refractivity contribution is 0.0760. The van der Waals surface area contributed by atoms with E-state index in [2.05, 4.69) is 30.8 Å². The van der Waals surface area contributed by atoms with Crippen LogP contribution in [0.2, 0.25) is 0 Å². The molecule has 2 aromatic heterocycles. The molecule has 1 spiro atoms. The Hall–Kier alpha value is -2.12. The van der Waals surface area contributed by atoms with Crippen molar-refractivity contribution < 1.29 is 9.13 Å². The quantitative estimate of drug-likeness (QED) is 0.804. The summed E-state index contributed by atoms with van der Waals surface area (Å²) in [5, 5.41) is 0. The second-order valence-corrected chi connectivity index (χ2v) is 7.73. The summed E-state index contributed by atoms with van der Waals surface area (Å²) in [4.78, 5) is 17.2. The van der Waals surface area contributed by atoms with E-state index >= 15 is 0 Å². The van der Waals surface area contributed by atoms with Gasteiger partial charge in [0.15, 0.2) is 5.82 Å². The molecule has 0 radical (unpaired) electrons. The maximum Gasteiger partial charge on any atom is 0.225 e. The largest absolute Gasteiger partial charge is 0.384 e. The van der Waals surface area contributed by atoms with Crippen LogP contribution in [0.5, 0.6) is 0 Å². The Morgan fingerprint density at radius 1 is 1.22 bits per heavy atom. The van der Waals surface area contributed by atoms with E-state index in [0.29, 0.717) is 11.9 Å². The molecule has 2 aliphatic heterocycles. The summed E-state index contributed by atoms with van der Waals surface area (Å²) in [5.41, 5.74) is 1.51. The number of methoxy groups -OCH3 is 1. The third-order valence-corrected chi connectivity index (χ3v) is 6.03. The van der Waals surface area contributed by atoms with Crippen molar-refractivity contribution in [1.29, 1.82) is 0 Å². The number of aromatic nitrogens is 3. The van der Waals surface area contributed by atoms with Crippen molar-refractivity contribution >= 4 is 5.95 Å². The average molecular weight is 371 g/mol. The maximum absolute atomic E-state index is 13.1. The van der Waals surface area contributed by atoms with Crippen molar-refractivity contribution in [2.45, 2.75) is 19.4 Å². The highest BCUT2D eigenvalue weighted by molar-refractivity contribution is 5.30. The van der Waals surface area contributed by atoms with Gasteiger partial charge in [-0.05, 0) is 29.9 Å². The van der Waals surface area contributed by atoms with Gasteiger partial charge in [-0.1, -0.05) is 6.07 Å². The van der Waals surface area contributed by atoms with Gasteiger partial charge in [-0.15, -0.1) is 0 Å². The first-order valence-electron chi connectivity index (χ1n) is 9.51. The van der Waals surface area contributed by atoms with Gasteiger partial charge in [0.2, 0.25) is 5.95 Å². The first kappa shape index (κ1) is 18.3. The van der Waals surface area contributed by atoms with Gasteiger partial charge in [-0.2, -0.15) is 0 Å². The monoisotopic (exact) mass is 371 g/mol. The predicted molar refractivity (Wildman–Crippen MR) is 101 cm³/mol. The Morgan fingerprint density at radius 3 is 2.67 bits per heavy atom. The van der Waals surface area contributed by atoms with Crippen LogP contribution in [0.25, 0.3) is 0 Å². The molecule has 0 saturated carbocycles. The van der Waals surface area contributed by atoms with E-state index in [1.54, 1.807) is 7.11 Å². The Labute approximate surface area is 159 Å². The molecule has 0 N–H and O–H groups in total. The summed E-state index contributed by atoms with van der Waals surface area (Å²) in [6.07, 6.45) is 8.40. The Kier molecular flexibility index (Phi) is 5.31. The van der Waals surface area contributed by atoms with Crippen LogP contribution in [0.15, 0.2) is 36.9 Å². The SMILES string of the molecule is COCC1CN(Cc2cccnc2)CC12CCN(c1ncc(F)cn1)CC2. The highest BCUT2D eigenvalue weighted by Gasteiger charge is 2.48. The topological polar surface area (TPSA) is 54.4 Å². The summed E-state index contributed by atoms with van der Waals surface area (Å²) in [5.74, 6) is 0.754. The minimum Gasteiger partial charge on any atom is -0.384 e. The number of likely N-dealkylation sites (tertiary alicyclic amines) is 1. The molecule has 0 amide bonds. The zero-order chi connectivity index (χ0) is 18.7. The molecule has 2 fully saturated rings. The highest BCUT2D eigenvalue weighted by Crippen LogP contribution is 2.45. The van der Waals surface area contributed by atoms with Gasteiger partial charge in [0.25, 0.3) is 0 Å². The number of anilines is 1. The molecule has 7 heteroatoms. The molecular weight excluding hydrogens is 345 g/mol. The number of ether oxygens (including phenoxy) is 1. The van der Waals surface area contributed by atoms with E-state index in [4.69, 9.17) is 4.74 Å². The molecule has 2 aromatic rings. The minimum atomic E-state index is -0.394. The lowest BCUT2D eigenvalue weighted by Gasteiger charge is -2.42. The van der Waals surface area contributed by atoms with Crippen LogP contribution in [0.4, 0.5) is 10.3 Å². The van der Waals surface area contributed by atoms with Crippen LogP contribution in [0.1, 0.15) is 18.4 Å². The number of hydrogen-bond donors (Lipinski definition) is 0. The molecular formula is C20H26FN5O. The molecule has 0 aliphatic carbocycles. The lowest BCUT2D eigenvalue weighted by Crippen LogP contribution is -2.45. The van der Waals surface area contributed by atoms with Crippen molar-refractivity contribution in [3.63, 3.8) is 0 Å². The molecule has 4 rings (SSSR count). The molecule has 1 unspecified atom stereocenters. The highest BCUT2D eigenvalue weighted by atomic mass is 19.1. The molecule has 27 heavy (non-hydrogen) atoms. The van der Waals surface area contributed by atoms with Gasteiger partial charge in [-0.3, -0.25) is 9.88 Å². The first-order chi connectivity index (χ1) is 13.2. The van der Waals surface area contributed by atoms with Gasteiger partial charge in [0.05, 0.1) is 19.0 Å². The van der Waals surface area contributed by atoms with E-state index in [1.165, 1.54) is 18.0 Å². The zero-order valence-corrected chi connectivity index (χ0v) is 15.7. The Morgan fingerprint density at radius 2 is 2.00 bits per heavy atom. The number of pyridine rings is 1. The summed E-state index contributed by atoms with van der Waals surface area (Å²) in [6.45, 7) is 5.64. The van der Waals surface area contributed by atoms with E-state index in [0.717, 1.165) is 52.2 Å². The second-order valence-electron chi connectivity index (χ2n) is 7.73. The lowest BCUT2D eigenvalue weighted by atomic mass is 9.71. The Balaban J connectivity index is 1.43. The molecule has 0 bridgehead atoms. The van der Waals surface area contributed by atoms with Crippen LogP contribution >= 0.6 is 0 Å². The maximum atomic E-state index is 13.1. The van der Waals surface area contributed by atoms with Crippen molar-refractivity contribution in [2.75, 3.05) is 44.8 Å². The van der Waals surface area contributed by atoms with Crippen molar-refractivity contribution in [3.05, 3.63) is 48.3 Å². The number of rotatable bonds is 5. The van der Waals surface area contributed by atoms with Crippen molar-refractivity contribution in [2.24, 2.45) is 11.3 Å². The zero-order valence-electron chi connectivity index (χ0n) is 15.7. The molecule has 2 aliphatic rings. The van der Waals surface area contributed by atoms with E-state index in [9.17, 15) is 4.39 Å². The predicted octanol–water partition coefficient (Wildman–Crippen LogP) is 2.38. The normalized spacial score (nSPS) is 22.4. The number of halogens is 1. The Bertz CT molecular complexity index is 734. The summed E-state index contributed by atoms with van der Waals surface area (Å²) in [6, 6.07) is 4.13. The van der Waals surface area contributed by atoms with Crippen LogP contribution in [0.3, 0.4) is 0 Å². The third-order valence-electron chi connectivity index (χ3n) is 6.03. The van der Waals surface area contributed by atoms with Gasteiger partial charge in [0.1, 0.15) is 0 Å². The molecule has 2 saturated heterocycles. The third kappa shape index (κ3) is 3.94. The molecule has 6 nitrogen and oxygen atoms in total. The van der Waals surface area contributed by atoms with Crippen LogP contribution < -0.4 is 4.90 Å². The summed E-state index contributed by atoms with van der Waals surface area (Å²) < 4.78 is 18.6. The second kappa shape index (κ2) is 7.86. The number of nitrogens with zero attached hydrogens (tertiary/aromatic N) is 5. The fraction of sp³-hybridized carbons (Fsp3) is 0.550. The van der Waals surface area contributed by atoms with Crippen molar-refractivity contribution in [1.82, 2.24) is 19.9 Å². The molecule has 1 atom stereocenters. The standard InChI is InChI=1S/C20H26FN5O/c1-27-14-17-13-25(12-16-3-2-6-22-9-16)15-20(17)4-7-26(8-5-20)19-23-10-18(21)11-24-19/h2-3,6,9-11,17H,4-5,7-8,12-15H2,1H3. The van der Waals surface area contributed by atoms with E-state index < -0.39 is 5.82 Å². The van der Waals surface area contributed by atoms with E-state index in [1.807, 2.05) is 18.5 Å². The van der Waals surface area contributed by atoms with Gasteiger partial charge >= 0.3 is 0 Å². The number of piperidine rings is 1. The van der Waals surface area contributed by atoms with Gasteiger partial charge in [0, 0.05) is 58.1 Å². The van der Waals surface area contributed by atoms with Gasteiger partial charge < -0.3 is 9.64 Å². The summed E-state index contributed by atoms with van der Waals surface area (Å²) >= 11 is 0. The average Bonchev–Trinajstić information content (AvgIpc) is 3.01.